The van der Waals surface area contributed by atoms with E-state index in [1.54, 1.807) is 12.5 Å². The van der Waals surface area contributed by atoms with Gasteiger partial charge < -0.3 is 9.67 Å². The van der Waals surface area contributed by atoms with Crippen molar-refractivity contribution in [1.29, 1.82) is 0 Å². The van der Waals surface area contributed by atoms with Crippen molar-refractivity contribution >= 4 is 29.2 Å². The van der Waals surface area contributed by atoms with E-state index in [0.29, 0.717) is 23.1 Å². The molecule has 0 bridgehead atoms. The van der Waals surface area contributed by atoms with Gasteiger partial charge in [-0.15, -0.1) is 0 Å². The summed E-state index contributed by atoms with van der Waals surface area (Å²) < 4.78 is 1.87. The largest absolute Gasteiger partial charge is 0.481 e. The summed E-state index contributed by atoms with van der Waals surface area (Å²) in [5.74, 6) is -0.981. The van der Waals surface area contributed by atoms with E-state index < -0.39 is 5.97 Å². The minimum absolute atomic E-state index is 0.0525. The van der Waals surface area contributed by atoms with Gasteiger partial charge in [-0.1, -0.05) is 35.3 Å². The van der Waals surface area contributed by atoms with Crippen molar-refractivity contribution in [2.75, 3.05) is 0 Å². The van der Waals surface area contributed by atoms with Gasteiger partial charge in [-0.2, -0.15) is 0 Å². The van der Waals surface area contributed by atoms with Crippen molar-refractivity contribution in [2.24, 2.45) is 5.92 Å². The van der Waals surface area contributed by atoms with Crippen LogP contribution in [0.25, 0.3) is 0 Å². The van der Waals surface area contributed by atoms with Gasteiger partial charge in [0.1, 0.15) is 5.15 Å². The number of hydrogen-bond donors (Lipinski definition) is 1. The number of carbonyl (C=O) groups is 1. The van der Waals surface area contributed by atoms with Crippen molar-refractivity contribution in [3.8, 4) is 0 Å². The van der Waals surface area contributed by atoms with Crippen LogP contribution in [-0.4, -0.2) is 20.6 Å². The molecule has 2 aromatic rings. The SMILES string of the molecule is O=C(O)C1CC1c1ccc(Cn2cnc(Cl)c2)cc1Cl. The van der Waals surface area contributed by atoms with Crippen LogP contribution in [0.15, 0.2) is 30.7 Å². The second kappa shape index (κ2) is 5.11. The van der Waals surface area contributed by atoms with Crippen LogP contribution in [0.4, 0.5) is 0 Å². The number of nitrogens with zero attached hydrogens (tertiary/aromatic N) is 2. The Morgan fingerprint density at radius 2 is 2.25 bits per heavy atom. The highest BCUT2D eigenvalue weighted by molar-refractivity contribution is 6.31. The van der Waals surface area contributed by atoms with E-state index in [0.717, 1.165) is 11.1 Å². The van der Waals surface area contributed by atoms with Crippen LogP contribution in [0.3, 0.4) is 0 Å². The Bertz CT molecular complexity index is 669. The molecule has 1 N–H and O–H groups in total. The molecule has 2 unspecified atom stereocenters. The lowest BCUT2D eigenvalue weighted by Gasteiger charge is -2.07. The van der Waals surface area contributed by atoms with Crippen LogP contribution < -0.4 is 0 Å². The molecule has 0 spiro atoms. The van der Waals surface area contributed by atoms with E-state index >= 15 is 0 Å². The van der Waals surface area contributed by atoms with Crippen LogP contribution in [0, 0.1) is 5.92 Å². The molecule has 1 saturated carbocycles. The molecular weight excluding hydrogens is 299 g/mol. The number of carboxylic acids is 1. The van der Waals surface area contributed by atoms with E-state index in [9.17, 15) is 4.79 Å². The van der Waals surface area contributed by atoms with E-state index in [1.165, 1.54) is 0 Å². The normalized spacial score (nSPS) is 20.9. The summed E-state index contributed by atoms with van der Waals surface area (Å²) in [4.78, 5) is 14.9. The molecule has 0 radical (unpaired) electrons. The lowest BCUT2D eigenvalue weighted by molar-refractivity contribution is -0.138. The topological polar surface area (TPSA) is 55.1 Å². The first-order valence-electron chi connectivity index (χ1n) is 6.23. The molecule has 2 atom stereocenters. The van der Waals surface area contributed by atoms with E-state index in [4.69, 9.17) is 28.3 Å². The second-order valence-corrected chi connectivity index (χ2v) is 5.81. The summed E-state index contributed by atoms with van der Waals surface area (Å²) in [7, 11) is 0. The molecule has 1 aromatic heterocycles. The van der Waals surface area contributed by atoms with Gasteiger partial charge in [0.05, 0.1) is 12.2 Å². The number of halogens is 2. The monoisotopic (exact) mass is 310 g/mol. The first-order valence-corrected chi connectivity index (χ1v) is 6.98. The van der Waals surface area contributed by atoms with Crippen LogP contribution in [-0.2, 0) is 11.3 Å². The van der Waals surface area contributed by atoms with Gasteiger partial charge in [0.2, 0.25) is 0 Å². The standard InChI is InChI=1S/C14H12Cl2N2O2/c15-12-3-8(5-18-6-13(16)17-7-18)1-2-9(12)10-4-11(10)14(19)20/h1-3,6-7,10-11H,4-5H2,(H,19,20). The summed E-state index contributed by atoms with van der Waals surface area (Å²) in [6.07, 6.45) is 4.07. The lowest BCUT2D eigenvalue weighted by Crippen LogP contribution is -2.00. The summed E-state index contributed by atoms with van der Waals surface area (Å²) in [6.45, 7) is 0.632. The van der Waals surface area contributed by atoms with Crippen LogP contribution >= 0.6 is 23.2 Å². The second-order valence-electron chi connectivity index (χ2n) is 5.01. The van der Waals surface area contributed by atoms with Gasteiger partial charge in [-0.05, 0) is 29.5 Å². The Morgan fingerprint density at radius 1 is 1.45 bits per heavy atom. The minimum Gasteiger partial charge on any atom is -0.481 e. The minimum atomic E-state index is -0.747. The molecule has 6 heteroatoms. The number of benzene rings is 1. The number of carboxylic acid groups (broad SMARTS) is 1. The van der Waals surface area contributed by atoms with Gasteiger partial charge in [0, 0.05) is 17.8 Å². The Hall–Kier alpha value is -1.52. The van der Waals surface area contributed by atoms with Gasteiger partial charge in [0.25, 0.3) is 0 Å². The zero-order chi connectivity index (χ0) is 14.3. The Labute approximate surface area is 126 Å². The Balaban J connectivity index is 1.76. The maximum atomic E-state index is 10.9. The fraction of sp³-hybridized carbons (Fsp3) is 0.286. The molecule has 1 aliphatic rings. The van der Waals surface area contributed by atoms with E-state index in [-0.39, 0.29) is 11.8 Å². The molecule has 0 amide bonds. The van der Waals surface area contributed by atoms with Gasteiger partial charge in [-0.3, -0.25) is 4.79 Å². The quantitative estimate of drug-likeness (QED) is 0.941. The summed E-state index contributed by atoms with van der Waals surface area (Å²) in [5.41, 5.74) is 1.95. The molecule has 0 saturated heterocycles. The van der Waals surface area contributed by atoms with Crippen LogP contribution in [0.5, 0.6) is 0 Å². The maximum Gasteiger partial charge on any atom is 0.307 e. The van der Waals surface area contributed by atoms with Crippen molar-refractivity contribution in [1.82, 2.24) is 9.55 Å². The summed E-state index contributed by atoms with van der Waals surface area (Å²) >= 11 is 12.0. The van der Waals surface area contributed by atoms with Gasteiger partial charge in [0.15, 0.2) is 0 Å². The van der Waals surface area contributed by atoms with E-state index in [1.807, 2.05) is 22.8 Å². The van der Waals surface area contributed by atoms with Crippen molar-refractivity contribution in [3.63, 3.8) is 0 Å². The number of aromatic nitrogens is 2. The molecule has 104 valence electrons. The Kier molecular flexibility index (Phi) is 3.44. The predicted octanol–water partition coefficient (Wildman–Crippen LogP) is 3.43. The molecule has 3 rings (SSSR count). The van der Waals surface area contributed by atoms with Crippen LogP contribution in [0.2, 0.25) is 10.2 Å². The number of hydrogen-bond acceptors (Lipinski definition) is 2. The number of rotatable bonds is 4. The lowest BCUT2D eigenvalue weighted by atomic mass is 10.1. The van der Waals surface area contributed by atoms with Crippen LogP contribution in [0.1, 0.15) is 23.5 Å². The molecule has 4 nitrogen and oxygen atoms in total. The highest BCUT2D eigenvalue weighted by atomic mass is 35.5. The van der Waals surface area contributed by atoms with Gasteiger partial charge >= 0.3 is 5.97 Å². The first-order chi connectivity index (χ1) is 9.54. The Morgan fingerprint density at radius 3 is 2.80 bits per heavy atom. The van der Waals surface area contributed by atoms with Crippen molar-refractivity contribution < 1.29 is 9.90 Å². The molecule has 20 heavy (non-hydrogen) atoms. The van der Waals surface area contributed by atoms with Crippen molar-refractivity contribution in [2.45, 2.75) is 18.9 Å². The summed E-state index contributed by atoms with van der Waals surface area (Å²) in [6, 6.07) is 5.76. The highest BCUT2D eigenvalue weighted by Crippen LogP contribution is 2.49. The molecule has 1 heterocycles. The fourth-order valence-electron chi connectivity index (χ4n) is 2.41. The third-order valence-electron chi connectivity index (χ3n) is 3.54. The van der Waals surface area contributed by atoms with Gasteiger partial charge in [-0.25, -0.2) is 4.98 Å². The molecular formula is C14H12Cl2N2O2. The third kappa shape index (κ3) is 2.67. The smallest absolute Gasteiger partial charge is 0.307 e. The predicted molar refractivity (Wildman–Crippen MR) is 76.3 cm³/mol. The number of aliphatic carboxylic acids is 1. The first kappa shape index (κ1) is 13.5. The highest BCUT2D eigenvalue weighted by Gasteiger charge is 2.45. The van der Waals surface area contributed by atoms with Crippen molar-refractivity contribution in [3.05, 3.63) is 52.0 Å². The average molecular weight is 311 g/mol. The molecule has 0 aliphatic heterocycles. The third-order valence-corrected chi connectivity index (χ3v) is 4.06. The molecule has 1 fully saturated rings. The fourth-order valence-corrected chi connectivity index (χ4v) is 2.92. The molecule has 1 aromatic carbocycles. The average Bonchev–Trinajstić information content (AvgIpc) is 3.07. The zero-order valence-electron chi connectivity index (χ0n) is 10.5. The van der Waals surface area contributed by atoms with E-state index in [2.05, 4.69) is 4.98 Å². The summed E-state index contributed by atoms with van der Waals surface area (Å²) in [5, 5.41) is 10.0. The number of imidazole rings is 1. The molecule has 1 aliphatic carbocycles. The maximum absolute atomic E-state index is 10.9. The zero-order valence-corrected chi connectivity index (χ0v) is 12.0.